The van der Waals surface area contributed by atoms with E-state index in [1.807, 2.05) is 6.92 Å². The molecule has 1 fully saturated rings. The fourth-order valence-electron chi connectivity index (χ4n) is 2.50. The van der Waals surface area contributed by atoms with Crippen LogP contribution in [0.4, 0.5) is 0 Å². The van der Waals surface area contributed by atoms with E-state index in [1.165, 1.54) is 19.3 Å². The molecule has 2 N–H and O–H groups in total. The molecule has 0 aromatic carbocycles. The molecule has 17 heavy (non-hydrogen) atoms. The summed E-state index contributed by atoms with van der Waals surface area (Å²) in [4.78, 5) is 0. The predicted octanol–water partition coefficient (Wildman–Crippen LogP) is 1.48. The summed E-state index contributed by atoms with van der Waals surface area (Å²) in [6.07, 6.45) is 6.09. The Morgan fingerprint density at radius 1 is 1.18 bits per heavy atom. The van der Waals surface area contributed by atoms with E-state index in [1.54, 1.807) is 14.0 Å². The van der Waals surface area contributed by atoms with Crippen LogP contribution in [-0.4, -0.2) is 33.3 Å². The highest BCUT2D eigenvalue weighted by Crippen LogP contribution is 2.26. The van der Waals surface area contributed by atoms with Crippen molar-refractivity contribution in [3.05, 3.63) is 0 Å². The highest BCUT2D eigenvalue weighted by Gasteiger charge is 2.27. The molecular weight excluding hydrogens is 236 g/mol. The van der Waals surface area contributed by atoms with E-state index in [4.69, 9.17) is 0 Å². The van der Waals surface area contributed by atoms with Gasteiger partial charge in [0.2, 0.25) is 10.0 Å². The van der Waals surface area contributed by atoms with Crippen LogP contribution in [0.3, 0.4) is 0 Å². The lowest BCUT2D eigenvalue weighted by atomic mass is 9.85. The third kappa shape index (κ3) is 4.56. The third-order valence-electron chi connectivity index (χ3n) is 3.73. The topological polar surface area (TPSA) is 58.2 Å². The molecule has 0 aromatic heterocycles. The molecular formula is C12H26N2O2S. The summed E-state index contributed by atoms with van der Waals surface area (Å²) in [5.74, 6) is 0.514. The van der Waals surface area contributed by atoms with E-state index < -0.39 is 10.0 Å². The largest absolute Gasteiger partial charge is 0.318 e. The number of nitrogens with one attached hydrogen (secondary N) is 2. The van der Waals surface area contributed by atoms with Crippen molar-refractivity contribution in [3.8, 4) is 0 Å². The van der Waals surface area contributed by atoms with E-state index >= 15 is 0 Å². The molecule has 1 rings (SSSR count). The van der Waals surface area contributed by atoms with E-state index in [9.17, 15) is 8.42 Å². The normalized spacial score (nSPS) is 22.3. The maximum atomic E-state index is 12.0. The minimum atomic E-state index is -3.18. The smallest absolute Gasteiger partial charge is 0.215 e. The second-order valence-electron chi connectivity index (χ2n) is 5.22. The van der Waals surface area contributed by atoms with Crippen LogP contribution in [0.2, 0.25) is 0 Å². The molecule has 1 aliphatic carbocycles. The number of hydrogen-bond donors (Lipinski definition) is 2. The number of rotatable bonds is 6. The first-order valence-corrected chi connectivity index (χ1v) is 8.17. The van der Waals surface area contributed by atoms with Gasteiger partial charge >= 0.3 is 0 Å². The average molecular weight is 262 g/mol. The SMILES string of the molecule is CNCC(C)S(=O)(=O)NC(C)C1CCCCC1. The van der Waals surface area contributed by atoms with Gasteiger partial charge in [0, 0.05) is 12.6 Å². The van der Waals surface area contributed by atoms with Crippen LogP contribution in [0.1, 0.15) is 46.0 Å². The van der Waals surface area contributed by atoms with Gasteiger partial charge in [0.25, 0.3) is 0 Å². The molecule has 0 amide bonds. The summed E-state index contributed by atoms with van der Waals surface area (Å²) < 4.78 is 26.9. The molecule has 0 saturated heterocycles. The second-order valence-corrected chi connectivity index (χ2v) is 7.35. The molecule has 5 heteroatoms. The zero-order chi connectivity index (χ0) is 12.9. The summed E-state index contributed by atoms with van der Waals surface area (Å²) in [5, 5.41) is 2.53. The van der Waals surface area contributed by atoms with Crippen LogP contribution in [0.25, 0.3) is 0 Å². The molecule has 0 bridgehead atoms. The van der Waals surface area contributed by atoms with Gasteiger partial charge in [0.1, 0.15) is 0 Å². The van der Waals surface area contributed by atoms with Gasteiger partial charge in [-0.05, 0) is 39.7 Å². The first-order chi connectivity index (χ1) is 7.97. The van der Waals surface area contributed by atoms with Gasteiger partial charge in [-0.15, -0.1) is 0 Å². The Hall–Kier alpha value is -0.130. The zero-order valence-corrected chi connectivity index (χ0v) is 12.0. The summed E-state index contributed by atoms with van der Waals surface area (Å²) in [7, 11) is -1.41. The molecule has 0 spiro atoms. The van der Waals surface area contributed by atoms with E-state index in [2.05, 4.69) is 10.0 Å². The van der Waals surface area contributed by atoms with Crippen molar-refractivity contribution in [1.29, 1.82) is 0 Å². The molecule has 0 aliphatic heterocycles. The Morgan fingerprint density at radius 2 is 1.76 bits per heavy atom. The van der Waals surface area contributed by atoms with Crippen molar-refractivity contribution in [1.82, 2.24) is 10.0 Å². The Kier molecular flexibility index (Phi) is 5.89. The lowest BCUT2D eigenvalue weighted by Gasteiger charge is -2.29. The fourth-order valence-corrected chi connectivity index (χ4v) is 3.83. The van der Waals surface area contributed by atoms with E-state index in [0.29, 0.717) is 12.5 Å². The fraction of sp³-hybridized carbons (Fsp3) is 1.00. The van der Waals surface area contributed by atoms with Crippen molar-refractivity contribution < 1.29 is 8.42 Å². The molecule has 2 atom stereocenters. The maximum Gasteiger partial charge on any atom is 0.215 e. The van der Waals surface area contributed by atoms with Crippen molar-refractivity contribution >= 4 is 10.0 Å². The zero-order valence-electron chi connectivity index (χ0n) is 11.2. The molecule has 0 heterocycles. The first kappa shape index (κ1) is 14.9. The molecule has 2 unspecified atom stereocenters. The van der Waals surface area contributed by atoms with Crippen LogP contribution in [-0.2, 0) is 10.0 Å². The predicted molar refractivity (Wildman–Crippen MR) is 71.5 cm³/mol. The van der Waals surface area contributed by atoms with Gasteiger partial charge < -0.3 is 5.32 Å². The minimum absolute atomic E-state index is 0.0691. The van der Waals surface area contributed by atoms with Gasteiger partial charge in [-0.1, -0.05) is 19.3 Å². The Bertz CT molecular complexity index is 310. The van der Waals surface area contributed by atoms with Crippen molar-refractivity contribution in [2.75, 3.05) is 13.6 Å². The Labute approximate surface area is 106 Å². The number of sulfonamides is 1. The van der Waals surface area contributed by atoms with Crippen molar-refractivity contribution in [3.63, 3.8) is 0 Å². The summed E-state index contributed by atoms with van der Waals surface area (Å²) in [6.45, 7) is 4.23. The Morgan fingerprint density at radius 3 is 2.29 bits per heavy atom. The van der Waals surface area contributed by atoms with Gasteiger partial charge in [-0.25, -0.2) is 13.1 Å². The maximum absolute atomic E-state index is 12.0. The molecule has 4 nitrogen and oxygen atoms in total. The van der Waals surface area contributed by atoms with Crippen molar-refractivity contribution in [2.24, 2.45) is 5.92 Å². The highest BCUT2D eigenvalue weighted by molar-refractivity contribution is 7.90. The highest BCUT2D eigenvalue weighted by atomic mass is 32.2. The minimum Gasteiger partial charge on any atom is -0.318 e. The van der Waals surface area contributed by atoms with Gasteiger partial charge in [0.15, 0.2) is 0 Å². The molecule has 1 aliphatic rings. The first-order valence-electron chi connectivity index (χ1n) is 6.63. The van der Waals surface area contributed by atoms with Gasteiger partial charge in [0.05, 0.1) is 5.25 Å². The molecule has 1 saturated carbocycles. The second kappa shape index (κ2) is 6.71. The van der Waals surface area contributed by atoms with Crippen LogP contribution >= 0.6 is 0 Å². The van der Waals surface area contributed by atoms with Crippen LogP contribution in [0, 0.1) is 5.92 Å². The lowest BCUT2D eigenvalue weighted by Crippen LogP contribution is -2.45. The summed E-state index contributed by atoms with van der Waals surface area (Å²) in [6, 6.07) is 0.0691. The lowest BCUT2D eigenvalue weighted by molar-refractivity contribution is 0.302. The third-order valence-corrected chi connectivity index (χ3v) is 5.65. The van der Waals surface area contributed by atoms with Gasteiger partial charge in [-0.2, -0.15) is 0 Å². The Balaban J connectivity index is 2.51. The van der Waals surface area contributed by atoms with Crippen LogP contribution < -0.4 is 10.0 Å². The monoisotopic (exact) mass is 262 g/mol. The van der Waals surface area contributed by atoms with E-state index in [-0.39, 0.29) is 11.3 Å². The molecule has 0 radical (unpaired) electrons. The summed E-state index contributed by atoms with van der Waals surface area (Å²) >= 11 is 0. The van der Waals surface area contributed by atoms with Crippen LogP contribution in [0.5, 0.6) is 0 Å². The summed E-state index contributed by atoms with van der Waals surface area (Å²) in [5.41, 5.74) is 0. The van der Waals surface area contributed by atoms with E-state index in [0.717, 1.165) is 12.8 Å². The van der Waals surface area contributed by atoms with Crippen molar-refractivity contribution in [2.45, 2.75) is 57.2 Å². The van der Waals surface area contributed by atoms with Gasteiger partial charge in [-0.3, -0.25) is 0 Å². The molecule has 102 valence electrons. The standard InChI is InChI=1S/C12H26N2O2S/c1-10(9-13-3)17(15,16)14-11(2)12-7-5-4-6-8-12/h10-14H,4-9H2,1-3H3. The quantitative estimate of drug-likeness (QED) is 0.762. The number of hydrogen-bond acceptors (Lipinski definition) is 3. The average Bonchev–Trinajstić information content (AvgIpc) is 2.30. The molecule has 0 aromatic rings. The van der Waals surface area contributed by atoms with Crippen LogP contribution in [0.15, 0.2) is 0 Å².